The van der Waals surface area contributed by atoms with Crippen molar-refractivity contribution in [2.75, 3.05) is 61.1 Å². The van der Waals surface area contributed by atoms with Gasteiger partial charge in [-0.1, -0.05) is 26.0 Å². The van der Waals surface area contributed by atoms with Crippen LogP contribution in [0.25, 0.3) is 0 Å². The van der Waals surface area contributed by atoms with Gasteiger partial charge in [0.25, 0.3) is 0 Å². The van der Waals surface area contributed by atoms with Gasteiger partial charge in [0.05, 0.1) is 30.3 Å². The van der Waals surface area contributed by atoms with Gasteiger partial charge in [0.15, 0.2) is 14.1 Å². The second kappa shape index (κ2) is 8.56. The van der Waals surface area contributed by atoms with E-state index in [2.05, 4.69) is 52.2 Å². The lowest BCUT2D eigenvalue weighted by Gasteiger charge is -2.39. The van der Waals surface area contributed by atoms with Crippen LogP contribution in [0.15, 0.2) is 36.5 Å². The molecule has 1 aromatic carbocycles. The third-order valence-electron chi connectivity index (χ3n) is 7.91. The maximum Gasteiger partial charge on any atom is 0.195 e. The first-order valence-corrected chi connectivity index (χ1v) is 14.6. The number of benzene rings is 1. The fourth-order valence-corrected chi connectivity index (χ4v) is 8.25. The SMILES string of the molecule is COC1CN(c2ccc(N3CCN(c4cccc(CO[Si]5(C)CC5(C)C)c4F)CC3)cn2)C1. The van der Waals surface area contributed by atoms with Crippen LogP contribution in [0, 0.1) is 5.82 Å². The van der Waals surface area contributed by atoms with E-state index in [9.17, 15) is 0 Å². The summed E-state index contributed by atoms with van der Waals surface area (Å²) in [6.07, 6.45) is 2.27. The lowest BCUT2D eigenvalue weighted by atomic mass is 10.1. The number of piperazine rings is 1. The van der Waals surface area contributed by atoms with Crippen molar-refractivity contribution in [3.05, 3.63) is 47.9 Å². The molecule has 4 heterocycles. The molecule has 0 radical (unpaired) electrons. The molecule has 3 aliphatic rings. The van der Waals surface area contributed by atoms with E-state index in [0.717, 1.165) is 56.8 Å². The monoisotopic (exact) mass is 470 g/mol. The van der Waals surface area contributed by atoms with Crippen molar-refractivity contribution in [1.82, 2.24) is 4.98 Å². The van der Waals surface area contributed by atoms with Gasteiger partial charge in [-0.25, -0.2) is 9.37 Å². The number of hydrogen-bond donors (Lipinski definition) is 0. The number of ether oxygens (including phenoxy) is 1. The quantitative estimate of drug-likeness (QED) is 0.563. The molecule has 0 N–H and O–H groups in total. The summed E-state index contributed by atoms with van der Waals surface area (Å²) in [6.45, 7) is 12.2. The average Bonchev–Trinajstić information content (AvgIpc) is 3.30. The molecular weight excluding hydrogens is 435 g/mol. The third kappa shape index (κ3) is 4.36. The smallest absolute Gasteiger partial charge is 0.195 e. The van der Waals surface area contributed by atoms with E-state index >= 15 is 4.39 Å². The average molecular weight is 471 g/mol. The Kier molecular flexibility index (Phi) is 5.87. The maximum absolute atomic E-state index is 15.3. The zero-order valence-corrected chi connectivity index (χ0v) is 21.2. The predicted molar refractivity (Wildman–Crippen MR) is 133 cm³/mol. The minimum atomic E-state index is -1.66. The summed E-state index contributed by atoms with van der Waals surface area (Å²) in [6, 6.07) is 11.1. The number of halogens is 1. The van der Waals surface area contributed by atoms with E-state index in [1.165, 1.54) is 0 Å². The lowest BCUT2D eigenvalue weighted by molar-refractivity contribution is 0.0783. The maximum atomic E-state index is 15.3. The Hall–Kier alpha value is -2.16. The number of methoxy groups -OCH3 is 1. The van der Waals surface area contributed by atoms with Crippen LogP contribution >= 0.6 is 0 Å². The zero-order chi connectivity index (χ0) is 23.2. The van der Waals surface area contributed by atoms with Crippen molar-refractivity contribution in [3.8, 4) is 0 Å². The standard InChI is InChI=1S/C25H35FN4O2Si/c1-25(2)18-33(25,4)32-17-19-6-5-7-22(24(19)26)29-12-10-28(11-13-29)20-8-9-23(27-14-20)30-15-21(16-30)31-3/h5-9,14,21H,10-13,15-18H2,1-4H3. The van der Waals surface area contributed by atoms with Crippen LogP contribution in [-0.2, 0) is 15.8 Å². The molecule has 1 unspecified atom stereocenters. The van der Waals surface area contributed by atoms with Gasteiger partial charge in [-0.15, -0.1) is 0 Å². The molecule has 1 aromatic heterocycles. The van der Waals surface area contributed by atoms with Gasteiger partial charge in [-0.05, 0) is 35.8 Å². The molecule has 0 aliphatic carbocycles. The van der Waals surface area contributed by atoms with Crippen LogP contribution in [0.3, 0.4) is 0 Å². The Morgan fingerprint density at radius 1 is 1.06 bits per heavy atom. The molecule has 2 aromatic rings. The second-order valence-electron chi connectivity index (χ2n) is 10.4. The van der Waals surface area contributed by atoms with Gasteiger partial charge in [-0.2, -0.15) is 0 Å². The summed E-state index contributed by atoms with van der Waals surface area (Å²) in [7, 11) is 0.0928. The summed E-state index contributed by atoms with van der Waals surface area (Å²) in [5.74, 6) is 0.871. The number of hydrogen-bond acceptors (Lipinski definition) is 6. The molecule has 5 rings (SSSR count). The van der Waals surface area contributed by atoms with Crippen LogP contribution in [0.1, 0.15) is 19.4 Å². The number of aromatic nitrogens is 1. The lowest BCUT2D eigenvalue weighted by Crippen LogP contribution is -2.52. The van der Waals surface area contributed by atoms with E-state index in [1.54, 1.807) is 7.11 Å². The Morgan fingerprint density at radius 3 is 2.36 bits per heavy atom. The molecule has 3 fully saturated rings. The largest absolute Gasteiger partial charge is 0.412 e. The highest BCUT2D eigenvalue weighted by molar-refractivity contribution is 6.86. The number of anilines is 3. The summed E-state index contributed by atoms with van der Waals surface area (Å²) in [5.41, 5.74) is 2.49. The summed E-state index contributed by atoms with van der Waals surface area (Å²) in [4.78, 5) is 11.4. The first-order valence-electron chi connectivity index (χ1n) is 11.9. The minimum Gasteiger partial charge on any atom is -0.412 e. The van der Waals surface area contributed by atoms with Gasteiger partial charge in [0.1, 0.15) is 5.82 Å². The van der Waals surface area contributed by atoms with Crippen molar-refractivity contribution < 1.29 is 13.6 Å². The van der Waals surface area contributed by atoms with Crippen molar-refractivity contribution in [3.63, 3.8) is 0 Å². The van der Waals surface area contributed by atoms with Gasteiger partial charge in [0.2, 0.25) is 0 Å². The molecular formula is C25H35FN4O2Si. The van der Waals surface area contributed by atoms with Crippen molar-refractivity contribution in [2.24, 2.45) is 0 Å². The molecule has 6 nitrogen and oxygen atoms in total. The van der Waals surface area contributed by atoms with E-state index in [1.807, 2.05) is 24.4 Å². The Balaban J connectivity index is 1.17. The predicted octanol–water partition coefficient (Wildman–Crippen LogP) is 4.27. The number of nitrogens with zero attached hydrogens (tertiary/aromatic N) is 4. The highest BCUT2D eigenvalue weighted by atomic mass is 28.4. The molecule has 3 saturated heterocycles. The van der Waals surface area contributed by atoms with Crippen LogP contribution < -0.4 is 14.7 Å². The van der Waals surface area contributed by atoms with Crippen LogP contribution in [0.4, 0.5) is 21.6 Å². The fourth-order valence-electron chi connectivity index (χ4n) is 4.94. The van der Waals surface area contributed by atoms with Gasteiger partial charge in [-0.3, -0.25) is 0 Å². The summed E-state index contributed by atoms with van der Waals surface area (Å²) >= 11 is 0. The normalized spacial score (nSPS) is 24.7. The molecule has 1 atom stereocenters. The third-order valence-corrected chi connectivity index (χ3v) is 12.9. The topological polar surface area (TPSA) is 41.1 Å². The van der Waals surface area contributed by atoms with Gasteiger partial charge in [0, 0.05) is 51.9 Å². The molecule has 178 valence electrons. The Bertz CT molecular complexity index is 990. The van der Waals surface area contributed by atoms with Gasteiger partial charge >= 0.3 is 0 Å². The molecule has 0 bridgehead atoms. The minimum absolute atomic E-state index is 0.128. The van der Waals surface area contributed by atoms with Crippen LogP contribution in [-0.4, -0.2) is 65.8 Å². The molecule has 3 aliphatic heterocycles. The van der Waals surface area contributed by atoms with Crippen LogP contribution in [0.5, 0.6) is 0 Å². The summed E-state index contributed by atoms with van der Waals surface area (Å²) < 4.78 is 26.9. The number of rotatable bonds is 7. The summed E-state index contributed by atoms with van der Waals surface area (Å²) in [5, 5.41) is 0.312. The molecule has 8 heteroatoms. The van der Waals surface area contributed by atoms with E-state index in [-0.39, 0.29) is 5.82 Å². The van der Waals surface area contributed by atoms with Gasteiger partial charge < -0.3 is 23.9 Å². The first kappa shape index (κ1) is 22.6. The van der Waals surface area contributed by atoms with E-state index in [4.69, 9.17) is 9.16 Å². The van der Waals surface area contributed by atoms with E-state index < -0.39 is 8.32 Å². The highest BCUT2D eigenvalue weighted by Gasteiger charge is 2.62. The molecule has 33 heavy (non-hydrogen) atoms. The molecule has 0 spiro atoms. The van der Waals surface area contributed by atoms with Crippen molar-refractivity contribution >= 4 is 25.5 Å². The molecule has 0 amide bonds. The zero-order valence-electron chi connectivity index (χ0n) is 20.2. The van der Waals surface area contributed by atoms with Crippen molar-refractivity contribution in [2.45, 2.75) is 44.2 Å². The second-order valence-corrected chi connectivity index (χ2v) is 14.9. The first-order chi connectivity index (χ1) is 15.8. The highest BCUT2D eigenvalue weighted by Crippen LogP contribution is 2.62. The van der Waals surface area contributed by atoms with E-state index in [0.29, 0.717) is 29.0 Å². The number of pyridine rings is 1. The fraction of sp³-hybridized carbons (Fsp3) is 0.560. The Labute approximate surface area is 197 Å². The van der Waals surface area contributed by atoms with Crippen molar-refractivity contribution in [1.29, 1.82) is 0 Å². The van der Waals surface area contributed by atoms with Crippen LogP contribution in [0.2, 0.25) is 17.6 Å². The Morgan fingerprint density at radius 2 is 1.76 bits per heavy atom. The molecule has 0 saturated carbocycles.